The van der Waals surface area contributed by atoms with Gasteiger partial charge in [0.05, 0.1) is 6.10 Å². The molecular weight excluding hydrogens is 151 g/mol. The Bertz CT molecular complexity index is 58.0. The minimum atomic E-state index is -0.802. The maximum Gasteiger partial charge on any atom is 0.133 e. The second kappa shape index (κ2) is 4.39. The van der Waals surface area contributed by atoms with Crippen LogP contribution in [-0.2, 0) is 0 Å². The summed E-state index contributed by atoms with van der Waals surface area (Å²) >= 11 is 10.4. The van der Waals surface area contributed by atoms with Gasteiger partial charge in [-0.05, 0) is 6.42 Å². The molecule has 0 spiro atoms. The lowest BCUT2D eigenvalue weighted by Crippen LogP contribution is -2.16. The molecule has 0 aromatic heterocycles. The van der Waals surface area contributed by atoms with Gasteiger partial charge in [-0.2, -0.15) is 0 Å². The first kappa shape index (κ1) is 8.50. The molecule has 1 atom stereocenters. The van der Waals surface area contributed by atoms with Gasteiger partial charge >= 0.3 is 0 Å². The summed E-state index contributed by atoms with van der Waals surface area (Å²) in [6.45, 7) is -0.0862. The van der Waals surface area contributed by atoms with E-state index in [9.17, 15) is 0 Å². The van der Waals surface area contributed by atoms with Crippen molar-refractivity contribution in [2.24, 2.45) is 0 Å². The fraction of sp³-hybridized carbons (Fsp3) is 1.00. The molecule has 0 radical (unpaired) electrons. The monoisotopic (exact) mass is 158 g/mol. The van der Waals surface area contributed by atoms with Crippen molar-refractivity contribution in [3.05, 3.63) is 0 Å². The van der Waals surface area contributed by atoms with Crippen LogP contribution in [0, 0.1) is 0 Å². The molecule has 0 aliphatic carbocycles. The van der Waals surface area contributed by atoms with Gasteiger partial charge in [0, 0.05) is 6.61 Å². The molecule has 1 unspecified atom stereocenters. The highest BCUT2D eigenvalue weighted by Gasteiger charge is 2.10. The van der Waals surface area contributed by atoms with Gasteiger partial charge in [0.25, 0.3) is 0 Å². The maximum absolute atomic E-state index is 8.70. The molecule has 0 amide bonds. The van der Waals surface area contributed by atoms with Crippen LogP contribution in [-0.4, -0.2) is 27.8 Å². The SMILES string of the molecule is OCCC(O)C(Cl)Cl. The molecule has 0 rings (SSSR count). The Morgan fingerprint density at radius 2 is 1.88 bits per heavy atom. The van der Waals surface area contributed by atoms with Crippen molar-refractivity contribution in [2.75, 3.05) is 6.61 Å². The third-order valence-corrected chi connectivity index (χ3v) is 1.30. The Morgan fingerprint density at radius 3 is 2.00 bits per heavy atom. The van der Waals surface area contributed by atoms with Crippen molar-refractivity contribution in [3.63, 3.8) is 0 Å². The summed E-state index contributed by atoms with van der Waals surface area (Å²) in [5.74, 6) is 0. The van der Waals surface area contributed by atoms with Crippen molar-refractivity contribution in [1.29, 1.82) is 0 Å². The smallest absolute Gasteiger partial charge is 0.133 e. The molecular formula is C4H8Cl2O2. The van der Waals surface area contributed by atoms with E-state index in [4.69, 9.17) is 33.4 Å². The third kappa shape index (κ3) is 3.50. The first-order chi connectivity index (χ1) is 3.68. The Labute approximate surface area is 58.0 Å². The number of aliphatic hydroxyl groups is 2. The molecule has 0 bridgehead atoms. The van der Waals surface area contributed by atoms with E-state index in [1.54, 1.807) is 0 Å². The molecule has 0 saturated heterocycles. The number of halogens is 2. The van der Waals surface area contributed by atoms with Crippen molar-refractivity contribution >= 4 is 23.2 Å². The first-order valence-electron chi connectivity index (χ1n) is 2.25. The van der Waals surface area contributed by atoms with E-state index >= 15 is 0 Å². The lowest BCUT2D eigenvalue weighted by molar-refractivity contribution is 0.144. The van der Waals surface area contributed by atoms with Crippen LogP contribution in [0.25, 0.3) is 0 Å². The van der Waals surface area contributed by atoms with Crippen LogP contribution in [0.1, 0.15) is 6.42 Å². The quantitative estimate of drug-likeness (QED) is 0.589. The molecule has 0 saturated carbocycles. The molecule has 2 N–H and O–H groups in total. The number of rotatable bonds is 3. The van der Waals surface area contributed by atoms with E-state index in [2.05, 4.69) is 0 Å². The molecule has 50 valence electrons. The predicted molar refractivity (Wildman–Crippen MR) is 33.2 cm³/mol. The zero-order chi connectivity index (χ0) is 6.57. The van der Waals surface area contributed by atoms with Gasteiger partial charge in [-0.3, -0.25) is 0 Å². The Kier molecular flexibility index (Phi) is 4.66. The molecule has 0 aromatic carbocycles. The van der Waals surface area contributed by atoms with Crippen molar-refractivity contribution in [2.45, 2.75) is 17.4 Å². The lowest BCUT2D eigenvalue weighted by atomic mass is 10.3. The summed E-state index contributed by atoms with van der Waals surface area (Å²) in [4.78, 5) is -0.790. The van der Waals surface area contributed by atoms with Crippen LogP contribution in [0.4, 0.5) is 0 Å². The highest BCUT2D eigenvalue weighted by molar-refractivity contribution is 6.44. The Morgan fingerprint density at radius 1 is 1.38 bits per heavy atom. The normalized spacial score (nSPS) is 14.6. The van der Waals surface area contributed by atoms with Gasteiger partial charge in [-0.25, -0.2) is 0 Å². The van der Waals surface area contributed by atoms with Crippen molar-refractivity contribution in [3.8, 4) is 0 Å². The van der Waals surface area contributed by atoms with E-state index in [1.807, 2.05) is 0 Å². The van der Waals surface area contributed by atoms with Gasteiger partial charge in [0.1, 0.15) is 4.84 Å². The van der Waals surface area contributed by atoms with Crippen LogP contribution < -0.4 is 0 Å². The fourth-order valence-electron chi connectivity index (χ4n) is 0.258. The van der Waals surface area contributed by atoms with Crippen molar-refractivity contribution in [1.82, 2.24) is 0 Å². The zero-order valence-electron chi connectivity index (χ0n) is 4.22. The predicted octanol–water partition coefficient (Wildman–Crippen LogP) is 0.533. The van der Waals surface area contributed by atoms with Crippen molar-refractivity contribution < 1.29 is 10.2 Å². The highest BCUT2D eigenvalue weighted by Crippen LogP contribution is 2.09. The lowest BCUT2D eigenvalue weighted by Gasteiger charge is -2.07. The van der Waals surface area contributed by atoms with Crippen LogP contribution >= 0.6 is 23.2 Å². The number of aliphatic hydroxyl groups excluding tert-OH is 2. The molecule has 0 aromatic rings. The van der Waals surface area contributed by atoms with Crippen LogP contribution in [0.5, 0.6) is 0 Å². The molecule has 4 heteroatoms. The summed E-state index contributed by atoms with van der Waals surface area (Å²) in [6, 6.07) is 0. The standard InChI is InChI=1S/C4H8Cl2O2/c5-4(6)3(8)1-2-7/h3-4,7-8H,1-2H2. The Balaban J connectivity index is 3.17. The van der Waals surface area contributed by atoms with Gasteiger partial charge in [-0.1, -0.05) is 0 Å². The molecule has 0 aliphatic heterocycles. The fourth-order valence-corrected chi connectivity index (χ4v) is 0.510. The third-order valence-electron chi connectivity index (χ3n) is 0.716. The molecule has 0 aliphatic rings. The second-order valence-corrected chi connectivity index (χ2v) is 2.58. The number of hydrogen-bond donors (Lipinski definition) is 2. The summed E-state index contributed by atoms with van der Waals surface area (Å²) in [6.07, 6.45) is -0.569. The van der Waals surface area contributed by atoms with Crippen LogP contribution in [0.2, 0.25) is 0 Å². The minimum Gasteiger partial charge on any atom is -0.396 e. The van der Waals surface area contributed by atoms with Crippen LogP contribution in [0.15, 0.2) is 0 Å². The van der Waals surface area contributed by atoms with E-state index < -0.39 is 10.9 Å². The van der Waals surface area contributed by atoms with Gasteiger partial charge < -0.3 is 10.2 Å². The average molecular weight is 159 g/mol. The first-order valence-corrected chi connectivity index (χ1v) is 3.13. The summed E-state index contributed by atoms with van der Waals surface area (Å²) < 4.78 is 0. The molecule has 2 nitrogen and oxygen atoms in total. The van der Waals surface area contributed by atoms with Crippen LogP contribution in [0.3, 0.4) is 0 Å². The number of alkyl halides is 2. The summed E-state index contributed by atoms with van der Waals surface area (Å²) in [5, 5.41) is 16.9. The second-order valence-electron chi connectivity index (χ2n) is 1.41. The summed E-state index contributed by atoms with van der Waals surface area (Å²) in [5.41, 5.74) is 0. The van der Waals surface area contributed by atoms with E-state index in [-0.39, 0.29) is 13.0 Å². The molecule has 8 heavy (non-hydrogen) atoms. The van der Waals surface area contributed by atoms with Gasteiger partial charge in [0.2, 0.25) is 0 Å². The van der Waals surface area contributed by atoms with E-state index in [0.717, 1.165) is 0 Å². The largest absolute Gasteiger partial charge is 0.396 e. The topological polar surface area (TPSA) is 40.5 Å². The maximum atomic E-state index is 8.70. The minimum absolute atomic E-state index is 0.0862. The van der Waals surface area contributed by atoms with Gasteiger partial charge in [-0.15, -0.1) is 23.2 Å². The average Bonchev–Trinajstić information content (AvgIpc) is 1.67. The van der Waals surface area contributed by atoms with E-state index in [0.29, 0.717) is 0 Å². The summed E-state index contributed by atoms with van der Waals surface area (Å²) in [7, 11) is 0. The van der Waals surface area contributed by atoms with E-state index in [1.165, 1.54) is 0 Å². The van der Waals surface area contributed by atoms with Gasteiger partial charge in [0.15, 0.2) is 0 Å². The molecule has 0 fully saturated rings. The number of hydrogen-bond acceptors (Lipinski definition) is 2. The zero-order valence-corrected chi connectivity index (χ0v) is 5.73. The Hall–Kier alpha value is 0.500. The highest BCUT2D eigenvalue weighted by atomic mass is 35.5. The molecule has 0 heterocycles.